The van der Waals surface area contributed by atoms with Gasteiger partial charge in [0.15, 0.2) is 0 Å². The molecule has 2 fully saturated rings. The molecule has 1 spiro atoms. The van der Waals surface area contributed by atoms with E-state index in [-0.39, 0.29) is 11.7 Å². The van der Waals surface area contributed by atoms with Gasteiger partial charge in [0.05, 0.1) is 11.7 Å². The molecule has 3 heteroatoms. The van der Waals surface area contributed by atoms with Gasteiger partial charge >= 0.3 is 0 Å². The molecule has 1 aliphatic carbocycles. The summed E-state index contributed by atoms with van der Waals surface area (Å²) in [4.78, 5) is 4.90. The quantitative estimate of drug-likeness (QED) is 0.606. The summed E-state index contributed by atoms with van der Waals surface area (Å²) in [6.07, 6.45) is 7.20. The van der Waals surface area contributed by atoms with Crippen molar-refractivity contribution < 1.29 is 9.57 Å². The molecule has 0 aromatic rings. The Bertz CT molecular complexity index is 155. The number of ether oxygens (including phenoxy) is 1. The summed E-state index contributed by atoms with van der Waals surface area (Å²) >= 11 is 0. The summed E-state index contributed by atoms with van der Waals surface area (Å²) in [5.41, 5.74) is 0.141. The van der Waals surface area contributed by atoms with Crippen molar-refractivity contribution in [2.24, 2.45) is 5.90 Å². The van der Waals surface area contributed by atoms with Crippen LogP contribution in [0.1, 0.15) is 38.5 Å². The molecule has 0 bridgehead atoms. The minimum Gasteiger partial charge on any atom is -0.375 e. The van der Waals surface area contributed by atoms with Gasteiger partial charge in [-0.25, -0.2) is 5.90 Å². The normalized spacial score (nSPS) is 34.2. The Hall–Kier alpha value is -0.120. The number of rotatable bonds is 1. The van der Waals surface area contributed by atoms with Crippen molar-refractivity contribution >= 4 is 0 Å². The van der Waals surface area contributed by atoms with Crippen LogP contribution in [0, 0.1) is 0 Å². The van der Waals surface area contributed by atoms with Crippen molar-refractivity contribution in [1.29, 1.82) is 0 Å². The van der Waals surface area contributed by atoms with E-state index in [0.29, 0.717) is 0 Å². The highest BCUT2D eigenvalue weighted by molar-refractivity contribution is 4.91. The van der Waals surface area contributed by atoms with Gasteiger partial charge in [0, 0.05) is 13.0 Å². The van der Waals surface area contributed by atoms with Gasteiger partial charge in [-0.1, -0.05) is 12.8 Å². The van der Waals surface area contributed by atoms with Crippen LogP contribution in [0.3, 0.4) is 0 Å². The highest BCUT2D eigenvalue weighted by Gasteiger charge is 2.40. The van der Waals surface area contributed by atoms with Crippen LogP contribution in [-0.2, 0) is 9.57 Å². The van der Waals surface area contributed by atoms with E-state index in [4.69, 9.17) is 15.5 Å². The molecule has 0 aromatic heterocycles. The van der Waals surface area contributed by atoms with Crippen LogP contribution in [0.5, 0.6) is 0 Å². The molecule has 3 nitrogen and oxygen atoms in total. The third-order valence-corrected chi connectivity index (χ3v) is 3.15. The van der Waals surface area contributed by atoms with E-state index < -0.39 is 0 Å². The van der Waals surface area contributed by atoms with Gasteiger partial charge in [-0.2, -0.15) is 0 Å². The molecule has 70 valence electrons. The van der Waals surface area contributed by atoms with E-state index in [2.05, 4.69) is 0 Å². The summed E-state index contributed by atoms with van der Waals surface area (Å²) in [5.74, 6) is 5.20. The fourth-order valence-electron chi connectivity index (χ4n) is 2.47. The zero-order valence-electron chi connectivity index (χ0n) is 7.42. The molecule has 1 saturated heterocycles. The van der Waals surface area contributed by atoms with Crippen LogP contribution in [-0.4, -0.2) is 18.3 Å². The average molecular weight is 171 g/mol. The lowest BCUT2D eigenvalue weighted by atomic mass is 9.90. The molecule has 12 heavy (non-hydrogen) atoms. The third-order valence-electron chi connectivity index (χ3n) is 3.15. The summed E-state index contributed by atoms with van der Waals surface area (Å²) in [7, 11) is 0. The van der Waals surface area contributed by atoms with E-state index in [0.717, 1.165) is 19.4 Å². The molecule has 1 atom stereocenters. The SMILES string of the molecule is NOC1CCOC2(CCCC2)C1. The number of nitrogens with two attached hydrogens (primary N) is 1. The second-order valence-corrected chi connectivity index (χ2v) is 3.99. The van der Waals surface area contributed by atoms with Crippen molar-refractivity contribution in [2.45, 2.75) is 50.2 Å². The van der Waals surface area contributed by atoms with E-state index in [1.165, 1.54) is 25.7 Å². The van der Waals surface area contributed by atoms with Crippen LogP contribution >= 0.6 is 0 Å². The third kappa shape index (κ3) is 1.49. The Kier molecular flexibility index (Phi) is 2.35. The Morgan fingerprint density at radius 1 is 1.33 bits per heavy atom. The zero-order valence-corrected chi connectivity index (χ0v) is 7.42. The van der Waals surface area contributed by atoms with Crippen molar-refractivity contribution in [2.75, 3.05) is 6.61 Å². The van der Waals surface area contributed by atoms with Crippen LogP contribution < -0.4 is 5.90 Å². The molecule has 2 N–H and O–H groups in total. The molecule has 1 heterocycles. The smallest absolute Gasteiger partial charge is 0.0836 e. The molecule has 1 unspecified atom stereocenters. The van der Waals surface area contributed by atoms with Gasteiger partial charge in [0.2, 0.25) is 0 Å². The minimum absolute atomic E-state index is 0.141. The molecule has 2 rings (SSSR count). The van der Waals surface area contributed by atoms with E-state index in [1.807, 2.05) is 0 Å². The molecular weight excluding hydrogens is 154 g/mol. The van der Waals surface area contributed by atoms with E-state index in [9.17, 15) is 0 Å². The van der Waals surface area contributed by atoms with Crippen LogP contribution in [0.4, 0.5) is 0 Å². The monoisotopic (exact) mass is 171 g/mol. The standard InChI is InChI=1S/C9H17NO2/c10-12-8-3-6-11-9(7-8)4-1-2-5-9/h8H,1-7,10H2. The van der Waals surface area contributed by atoms with Crippen LogP contribution in [0.25, 0.3) is 0 Å². The molecule has 2 aliphatic rings. The zero-order chi connectivity index (χ0) is 8.44. The van der Waals surface area contributed by atoms with E-state index >= 15 is 0 Å². The predicted molar refractivity (Wildman–Crippen MR) is 45.4 cm³/mol. The first-order valence-electron chi connectivity index (χ1n) is 4.84. The largest absolute Gasteiger partial charge is 0.375 e. The first-order chi connectivity index (χ1) is 5.85. The van der Waals surface area contributed by atoms with Gasteiger partial charge in [-0.3, -0.25) is 0 Å². The highest BCUT2D eigenvalue weighted by atomic mass is 16.6. The molecule has 1 saturated carbocycles. The lowest BCUT2D eigenvalue weighted by molar-refractivity contribution is -0.131. The summed E-state index contributed by atoms with van der Waals surface area (Å²) in [5, 5.41) is 0. The summed E-state index contributed by atoms with van der Waals surface area (Å²) < 4.78 is 5.82. The Balaban J connectivity index is 1.97. The molecule has 0 amide bonds. The topological polar surface area (TPSA) is 44.5 Å². The van der Waals surface area contributed by atoms with Gasteiger partial charge in [-0.15, -0.1) is 0 Å². The van der Waals surface area contributed by atoms with Gasteiger partial charge in [-0.05, 0) is 19.3 Å². The van der Waals surface area contributed by atoms with Crippen LogP contribution in [0.2, 0.25) is 0 Å². The Morgan fingerprint density at radius 3 is 2.75 bits per heavy atom. The molecule has 0 aromatic carbocycles. The maximum Gasteiger partial charge on any atom is 0.0836 e. The summed E-state index contributed by atoms with van der Waals surface area (Å²) in [6, 6.07) is 0. The van der Waals surface area contributed by atoms with Crippen molar-refractivity contribution in [1.82, 2.24) is 0 Å². The first-order valence-corrected chi connectivity index (χ1v) is 4.84. The van der Waals surface area contributed by atoms with Gasteiger partial charge in [0.25, 0.3) is 0 Å². The summed E-state index contributed by atoms with van der Waals surface area (Å²) in [6.45, 7) is 0.821. The van der Waals surface area contributed by atoms with Crippen molar-refractivity contribution in [3.05, 3.63) is 0 Å². The van der Waals surface area contributed by atoms with Gasteiger partial charge < -0.3 is 9.57 Å². The van der Waals surface area contributed by atoms with Crippen molar-refractivity contribution in [3.63, 3.8) is 0 Å². The number of hydrogen-bond donors (Lipinski definition) is 1. The maximum absolute atomic E-state index is 5.82. The lowest BCUT2D eigenvalue weighted by Crippen LogP contribution is -2.41. The Morgan fingerprint density at radius 2 is 2.08 bits per heavy atom. The molecular formula is C9H17NO2. The second-order valence-electron chi connectivity index (χ2n) is 3.99. The second kappa shape index (κ2) is 3.32. The minimum atomic E-state index is 0.141. The molecule has 0 radical (unpaired) electrons. The fraction of sp³-hybridized carbons (Fsp3) is 1.00. The van der Waals surface area contributed by atoms with E-state index in [1.54, 1.807) is 0 Å². The van der Waals surface area contributed by atoms with Crippen molar-refractivity contribution in [3.8, 4) is 0 Å². The maximum atomic E-state index is 5.82. The molecule has 1 aliphatic heterocycles. The Labute approximate surface area is 73.2 Å². The van der Waals surface area contributed by atoms with Crippen LogP contribution in [0.15, 0.2) is 0 Å². The predicted octanol–water partition coefficient (Wildman–Crippen LogP) is 1.37. The first kappa shape index (κ1) is 8.48. The average Bonchev–Trinajstić information content (AvgIpc) is 2.53. The van der Waals surface area contributed by atoms with Gasteiger partial charge in [0.1, 0.15) is 0 Å². The fourth-order valence-corrected chi connectivity index (χ4v) is 2.47. The highest BCUT2D eigenvalue weighted by Crippen LogP contribution is 2.40. The lowest BCUT2D eigenvalue weighted by Gasteiger charge is -2.37. The number of hydrogen-bond acceptors (Lipinski definition) is 3.